The van der Waals surface area contributed by atoms with E-state index in [1.807, 2.05) is 9.80 Å². The Labute approximate surface area is 158 Å². The van der Waals surface area contributed by atoms with Gasteiger partial charge in [0.1, 0.15) is 0 Å². The number of hydrogen-bond acceptors (Lipinski definition) is 4. The molecule has 0 aromatic rings. The summed E-state index contributed by atoms with van der Waals surface area (Å²) in [6.45, 7) is 6.07. The van der Waals surface area contributed by atoms with Gasteiger partial charge in [-0.25, -0.2) is 0 Å². The molecule has 1 saturated carbocycles. The Bertz CT molecular complexity index is 476. The fraction of sp³-hybridized carbons (Fsp3) is 0.900. The van der Waals surface area contributed by atoms with Gasteiger partial charge < -0.3 is 15.5 Å². The van der Waals surface area contributed by atoms with Crippen LogP contribution >= 0.6 is 0 Å². The highest BCUT2D eigenvalue weighted by Gasteiger charge is 2.35. The molecular weight excluding hydrogens is 328 g/mol. The third-order valence-electron chi connectivity index (χ3n) is 6.67. The molecule has 2 saturated heterocycles. The van der Waals surface area contributed by atoms with Crippen molar-refractivity contribution in [2.45, 2.75) is 57.8 Å². The standard InChI is InChI=1S/C20H36N4O2/c21-17-20(7-3-1-4-8-20)15-18(25)24-13-11-22(12-14-24)16-19(26)23-9-5-2-6-10-23/h1-17,21H2. The van der Waals surface area contributed by atoms with Gasteiger partial charge >= 0.3 is 0 Å². The molecule has 1 aliphatic carbocycles. The number of amides is 2. The van der Waals surface area contributed by atoms with E-state index in [0.717, 1.165) is 65.0 Å². The molecule has 26 heavy (non-hydrogen) atoms. The summed E-state index contributed by atoms with van der Waals surface area (Å²) in [5.41, 5.74) is 6.08. The highest BCUT2D eigenvalue weighted by Crippen LogP contribution is 2.38. The lowest BCUT2D eigenvalue weighted by atomic mass is 9.71. The van der Waals surface area contributed by atoms with Gasteiger partial charge in [0, 0.05) is 45.7 Å². The molecule has 6 heteroatoms. The Kier molecular flexibility index (Phi) is 6.92. The second-order valence-corrected chi connectivity index (χ2v) is 8.54. The summed E-state index contributed by atoms with van der Waals surface area (Å²) in [7, 11) is 0. The van der Waals surface area contributed by atoms with Crippen molar-refractivity contribution in [2.75, 3.05) is 52.4 Å². The van der Waals surface area contributed by atoms with Crippen LogP contribution in [-0.2, 0) is 9.59 Å². The van der Waals surface area contributed by atoms with Crippen LogP contribution in [0.15, 0.2) is 0 Å². The van der Waals surface area contributed by atoms with Gasteiger partial charge in [0.15, 0.2) is 0 Å². The molecule has 148 valence electrons. The topological polar surface area (TPSA) is 69.9 Å². The van der Waals surface area contributed by atoms with Crippen molar-refractivity contribution in [3.63, 3.8) is 0 Å². The van der Waals surface area contributed by atoms with E-state index >= 15 is 0 Å². The molecule has 2 N–H and O–H groups in total. The Hall–Kier alpha value is -1.14. The molecule has 0 bridgehead atoms. The third-order valence-corrected chi connectivity index (χ3v) is 6.67. The van der Waals surface area contributed by atoms with E-state index in [2.05, 4.69) is 4.90 Å². The van der Waals surface area contributed by atoms with Crippen molar-refractivity contribution in [2.24, 2.45) is 11.1 Å². The van der Waals surface area contributed by atoms with Crippen LogP contribution in [0.4, 0.5) is 0 Å². The molecule has 3 aliphatic rings. The molecular formula is C20H36N4O2. The molecule has 0 aromatic carbocycles. The number of nitrogens with zero attached hydrogens (tertiary/aromatic N) is 3. The predicted octanol–water partition coefficient (Wildman–Crippen LogP) is 1.44. The minimum atomic E-state index is 0.0384. The van der Waals surface area contributed by atoms with Crippen LogP contribution in [0.1, 0.15) is 57.8 Å². The number of likely N-dealkylation sites (tertiary alicyclic amines) is 1. The minimum absolute atomic E-state index is 0.0384. The van der Waals surface area contributed by atoms with Crippen LogP contribution in [-0.4, -0.2) is 78.9 Å². The van der Waals surface area contributed by atoms with Crippen LogP contribution in [0.5, 0.6) is 0 Å². The van der Waals surface area contributed by atoms with Crippen LogP contribution in [0.25, 0.3) is 0 Å². The van der Waals surface area contributed by atoms with Gasteiger partial charge in [-0.3, -0.25) is 14.5 Å². The summed E-state index contributed by atoms with van der Waals surface area (Å²) in [5.74, 6) is 0.521. The number of hydrogen-bond donors (Lipinski definition) is 1. The van der Waals surface area contributed by atoms with Gasteiger partial charge in [0.2, 0.25) is 11.8 Å². The lowest BCUT2D eigenvalue weighted by molar-refractivity contribution is -0.137. The molecule has 0 unspecified atom stereocenters. The molecule has 2 aliphatic heterocycles. The maximum absolute atomic E-state index is 12.8. The lowest BCUT2D eigenvalue weighted by Gasteiger charge is -2.40. The van der Waals surface area contributed by atoms with E-state index in [4.69, 9.17) is 5.73 Å². The van der Waals surface area contributed by atoms with Crippen molar-refractivity contribution in [1.82, 2.24) is 14.7 Å². The maximum atomic E-state index is 12.8. The van der Waals surface area contributed by atoms with E-state index in [-0.39, 0.29) is 17.2 Å². The first-order valence-electron chi connectivity index (χ1n) is 10.6. The summed E-state index contributed by atoms with van der Waals surface area (Å²) in [6.07, 6.45) is 10.0. The maximum Gasteiger partial charge on any atom is 0.236 e. The number of rotatable bonds is 5. The van der Waals surface area contributed by atoms with Crippen molar-refractivity contribution < 1.29 is 9.59 Å². The van der Waals surface area contributed by atoms with Crippen LogP contribution in [0.2, 0.25) is 0 Å². The monoisotopic (exact) mass is 364 g/mol. The Morgan fingerprint density at radius 1 is 0.731 bits per heavy atom. The molecule has 2 amide bonds. The average Bonchev–Trinajstić information content (AvgIpc) is 2.70. The molecule has 0 spiro atoms. The minimum Gasteiger partial charge on any atom is -0.342 e. The van der Waals surface area contributed by atoms with Gasteiger partial charge in [0.05, 0.1) is 6.54 Å². The van der Waals surface area contributed by atoms with E-state index in [1.54, 1.807) is 0 Å². The predicted molar refractivity (Wildman–Crippen MR) is 103 cm³/mol. The van der Waals surface area contributed by atoms with Crippen molar-refractivity contribution in [3.8, 4) is 0 Å². The number of nitrogens with two attached hydrogens (primary N) is 1. The van der Waals surface area contributed by atoms with Gasteiger partial charge in [-0.1, -0.05) is 19.3 Å². The normalized spacial score (nSPS) is 24.5. The summed E-state index contributed by atoms with van der Waals surface area (Å²) in [5, 5.41) is 0. The number of carbonyl (C=O) groups excluding carboxylic acids is 2. The fourth-order valence-corrected chi connectivity index (χ4v) is 4.78. The summed E-state index contributed by atoms with van der Waals surface area (Å²) < 4.78 is 0. The van der Waals surface area contributed by atoms with Crippen LogP contribution in [0, 0.1) is 5.41 Å². The quantitative estimate of drug-likeness (QED) is 0.801. The Balaban J connectivity index is 1.42. The summed E-state index contributed by atoms with van der Waals surface area (Å²) >= 11 is 0. The van der Waals surface area contributed by atoms with E-state index < -0.39 is 0 Å². The molecule has 6 nitrogen and oxygen atoms in total. The van der Waals surface area contributed by atoms with Gasteiger partial charge in [-0.15, -0.1) is 0 Å². The SMILES string of the molecule is NCC1(CC(=O)N2CCN(CC(=O)N3CCCCC3)CC2)CCCCC1. The highest BCUT2D eigenvalue weighted by molar-refractivity contribution is 5.79. The van der Waals surface area contributed by atoms with Crippen molar-refractivity contribution >= 4 is 11.8 Å². The van der Waals surface area contributed by atoms with Crippen LogP contribution in [0.3, 0.4) is 0 Å². The highest BCUT2D eigenvalue weighted by atomic mass is 16.2. The molecule has 2 heterocycles. The van der Waals surface area contributed by atoms with E-state index in [1.165, 1.54) is 25.7 Å². The largest absolute Gasteiger partial charge is 0.342 e. The van der Waals surface area contributed by atoms with E-state index in [9.17, 15) is 9.59 Å². The first-order chi connectivity index (χ1) is 12.6. The lowest BCUT2D eigenvalue weighted by Crippen LogP contribution is -2.53. The fourth-order valence-electron chi connectivity index (χ4n) is 4.78. The van der Waals surface area contributed by atoms with Gasteiger partial charge in [-0.2, -0.15) is 0 Å². The van der Waals surface area contributed by atoms with Gasteiger partial charge in [0.25, 0.3) is 0 Å². The first kappa shape index (κ1) is 19.6. The zero-order valence-electron chi connectivity index (χ0n) is 16.3. The Morgan fingerprint density at radius 3 is 1.92 bits per heavy atom. The van der Waals surface area contributed by atoms with Crippen LogP contribution < -0.4 is 5.73 Å². The average molecular weight is 365 g/mol. The van der Waals surface area contributed by atoms with Crippen molar-refractivity contribution in [3.05, 3.63) is 0 Å². The second-order valence-electron chi connectivity index (χ2n) is 8.54. The molecule has 3 rings (SSSR count). The molecule has 0 atom stereocenters. The second kappa shape index (κ2) is 9.18. The summed E-state index contributed by atoms with van der Waals surface area (Å²) in [6, 6.07) is 0. The van der Waals surface area contributed by atoms with Gasteiger partial charge in [-0.05, 0) is 44.1 Å². The molecule has 0 aromatic heterocycles. The first-order valence-corrected chi connectivity index (χ1v) is 10.6. The Morgan fingerprint density at radius 2 is 1.31 bits per heavy atom. The third kappa shape index (κ3) is 4.97. The van der Waals surface area contributed by atoms with E-state index in [0.29, 0.717) is 19.5 Å². The number of piperidine rings is 1. The smallest absolute Gasteiger partial charge is 0.236 e. The zero-order valence-corrected chi connectivity index (χ0v) is 16.3. The molecule has 3 fully saturated rings. The molecule has 0 radical (unpaired) electrons. The summed E-state index contributed by atoms with van der Waals surface area (Å²) in [4.78, 5) is 31.4. The van der Waals surface area contributed by atoms with Crippen molar-refractivity contribution in [1.29, 1.82) is 0 Å². The number of carbonyl (C=O) groups is 2. The zero-order chi connectivity index (χ0) is 18.4. The number of piperazine rings is 1.